The number of benzene rings is 2. The maximum Gasteiger partial charge on any atom is 0.207 e. The van der Waals surface area contributed by atoms with Gasteiger partial charge in [-0.25, -0.2) is 15.0 Å². The molecular formula is C25H19ClN4OS. The molecule has 0 aliphatic carbocycles. The SMILES string of the molecule is Cc1ccc2c(c1)c(C(=O)c1cnc(-c3ccncn3)s1)c(C)n2Cc1ccc(Cl)cc1. The number of aromatic nitrogens is 4. The molecule has 3 heterocycles. The van der Waals surface area contributed by atoms with E-state index in [9.17, 15) is 4.79 Å². The van der Waals surface area contributed by atoms with Crippen molar-refractivity contribution in [3.8, 4) is 10.7 Å². The van der Waals surface area contributed by atoms with Gasteiger partial charge >= 0.3 is 0 Å². The molecule has 0 aliphatic heterocycles. The number of nitrogens with zero attached hydrogens (tertiary/aromatic N) is 4. The van der Waals surface area contributed by atoms with Gasteiger partial charge in [0.15, 0.2) is 0 Å². The van der Waals surface area contributed by atoms with Crippen LogP contribution >= 0.6 is 22.9 Å². The van der Waals surface area contributed by atoms with Gasteiger partial charge in [0.25, 0.3) is 0 Å². The lowest BCUT2D eigenvalue weighted by molar-refractivity contribution is 0.104. The van der Waals surface area contributed by atoms with Crippen LogP contribution in [0.15, 0.2) is 67.3 Å². The summed E-state index contributed by atoms with van der Waals surface area (Å²) >= 11 is 7.40. The van der Waals surface area contributed by atoms with E-state index in [4.69, 9.17) is 11.6 Å². The summed E-state index contributed by atoms with van der Waals surface area (Å²) in [6.07, 6.45) is 4.79. The second-order valence-corrected chi connectivity index (χ2v) is 9.11. The summed E-state index contributed by atoms with van der Waals surface area (Å²) in [6, 6.07) is 15.8. The van der Waals surface area contributed by atoms with Gasteiger partial charge in [0.05, 0.1) is 10.4 Å². The molecule has 0 unspecified atom stereocenters. The molecule has 0 bridgehead atoms. The average molecular weight is 459 g/mol. The number of halogens is 1. The van der Waals surface area contributed by atoms with Crippen molar-refractivity contribution in [2.75, 3.05) is 0 Å². The molecule has 5 nitrogen and oxygen atoms in total. The van der Waals surface area contributed by atoms with Crippen LogP contribution in [0.25, 0.3) is 21.6 Å². The Morgan fingerprint density at radius 1 is 1.06 bits per heavy atom. The van der Waals surface area contributed by atoms with Crippen molar-refractivity contribution in [1.82, 2.24) is 19.5 Å². The molecule has 5 rings (SSSR count). The zero-order valence-electron chi connectivity index (χ0n) is 17.5. The van der Waals surface area contributed by atoms with Crippen molar-refractivity contribution >= 4 is 39.6 Å². The van der Waals surface area contributed by atoms with Gasteiger partial charge in [-0.05, 0) is 49.7 Å². The number of fused-ring (bicyclic) bond motifs is 1. The first-order chi connectivity index (χ1) is 15.5. The first kappa shape index (κ1) is 20.5. The number of hydrogen-bond acceptors (Lipinski definition) is 5. The van der Waals surface area contributed by atoms with Crippen LogP contribution in [-0.4, -0.2) is 25.3 Å². The predicted molar refractivity (Wildman–Crippen MR) is 129 cm³/mol. The lowest BCUT2D eigenvalue weighted by atomic mass is 10.0. The van der Waals surface area contributed by atoms with Gasteiger partial charge in [0.1, 0.15) is 17.0 Å². The van der Waals surface area contributed by atoms with Crippen LogP contribution in [-0.2, 0) is 6.54 Å². The summed E-state index contributed by atoms with van der Waals surface area (Å²) in [7, 11) is 0. The Balaban J connectivity index is 1.60. The van der Waals surface area contributed by atoms with Gasteiger partial charge in [-0.1, -0.05) is 35.4 Å². The molecule has 0 fully saturated rings. The van der Waals surface area contributed by atoms with E-state index in [2.05, 4.69) is 37.7 Å². The minimum absolute atomic E-state index is 0.0224. The van der Waals surface area contributed by atoms with Gasteiger partial charge in [0.2, 0.25) is 5.78 Å². The Morgan fingerprint density at radius 2 is 1.88 bits per heavy atom. The molecule has 0 radical (unpaired) electrons. The van der Waals surface area contributed by atoms with E-state index >= 15 is 0 Å². The largest absolute Gasteiger partial charge is 0.340 e. The molecule has 7 heteroatoms. The first-order valence-corrected chi connectivity index (χ1v) is 11.3. The van der Waals surface area contributed by atoms with E-state index in [0.717, 1.165) is 33.3 Å². The molecule has 0 saturated heterocycles. The Morgan fingerprint density at radius 3 is 2.62 bits per heavy atom. The topological polar surface area (TPSA) is 60.7 Å². The smallest absolute Gasteiger partial charge is 0.207 e. The quantitative estimate of drug-likeness (QED) is 0.298. The van der Waals surface area contributed by atoms with Crippen LogP contribution in [0.3, 0.4) is 0 Å². The standard InChI is InChI=1S/C25H19ClN4OS/c1-15-3-8-21-19(11-15)23(16(2)30(21)13-17-4-6-18(26)7-5-17)24(31)22-12-28-25(32-22)20-9-10-27-14-29-20/h3-12,14H,13H2,1-2H3. The van der Waals surface area contributed by atoms with E-state index < -0.39 is 0 Å². The molecule has 0 saturated carbocycles. The number of thiazole rings is 1. The highest BCUT2D eigenvalue weighted by atomic mass is 35.5. The van der Waals surface area contributed by atoms with E-state index in [1.807, 2.05) is 38.1 Å². The summed E-state index contributed by atoms with van der Waals surface area (Å²) in [4.78, 5) is 26.9. The zero-order valence-corrected chi connectivity index (χ0v) is 19.1. The molecular weight excluding hydrogens is 440 g/mol. The minimum atomic E-state index is -0.0224. The Hall–Kier alpha value is -3.35. The summed E-state index contributed by atoms with van der Waals surface area (Å²) in [5.41, 5.74) is 5.63. The zero-order chi connectivity index (χ0) is 22.2. The third-order valence-corrected chi connectivity index (χ3v) is 6.76. The van der Waals surface area contributed by atoms with E-state index in [1.54, 1.807) is 18.5 Å². The maximum atomic E-state index is 13.7. The van der Waals surface area contributed by atoms with E-state index in [-0.39, 0.29) is 5.78 Å². The van der Waals surface area contributed by atoms with Crippen LogP contribution in [0.1, 0.15) is 32.1 Å². The van der Waals surface area contributed by atoms with Crippen molar-refractivity contribution < 1.29 is 4.79 Å². The first-order valence-electron chi connectivity index (χ1n) is 10.1. The van der Waals surface area contributed by atoms with Gasteiger partial charge in [-0.15, -0.1) is 11.3 Å². The Bertz CT molecular complexity index is 1440. The molecule has 3 aromatic heterocycles. The van der Waals surface area contributed by atoms with Crippen LogP contribution < -0.4 is 0 Å². The second kappa shape index (κ2) is 8.30. The van der Waals surface area contributed by atoms with E-state index in [1.165, 1.54) is 17.7 Å². The molecule has 2 aromatic carbocycles. The Kier molecular flexibility index (Phi) is 5.33. The molecule has 0 N–H and O–H groups in total. The monoisotopic (exact) mass is 458 g/mol. The molecule has 32 heavy (non-hydrogen) atoms. The van der Waals surface area contributed by atoms with Gasteiger partial charge in [0, 0.05) is 40.6 Å². The van der Waals surface area contributed by atoms with Crippen LogP contribution in [0.5, 0.6) is 0 Å². The highest BCUT2D eigenvalue weighted by molar-refractivity contribution is 7.17. The van der Waals surface area contributed by atoms with Crippen molar-refractivity contribution in [2.45, 2.75) is 20.4 Å². The van der Waals surface area contributed by atoms with Crippen LogP contribution in [0.4, 0.5) is 0 Å². The Labute approximate surface area is 194 Å². The fourth-order valence-corrected chi connectivity index (χ4v) is 4.86. The molecule has 0 amide bonds. The van der Waals surface area contributed by atoms with Gasteiger partial charge < -0.3 is 4.57 Å². The van der Waals surface area contributed by atoms with Crippen LogP contribution in [0, 0.1) is 13.8 Å². The highest BCUT2D eigenvalue weighted by Crippen LogP contribution is 2.32. The summed E-state index contributed by atoms with van der Waals surface area (Å²) in [6.45, 7) is 4.70. The number of carbonyl (C=O) groups excluding carboxylic acids is 1. The van der Waals surface area contributed by atoms with Crippen molar-refractivity contribution in [3.63, 3.8) is 0 Å². The lowest BCUT2D eigenvalue weighted by Gasteiger charge is -2.09. The number of hydrogen-bond donors (Lipinski definition) is 0. The molecule has 158 valence electrons. The summed E-state index contributed by atoms with van der Waals surface area (Å²) in [5.74, 6) is -0.0224. The third kappa shape index (κ3) is 3.72. The molecule has 0 atom stereocenters. The number of aryl methyl sites for hydroxylation is 1. The highest BCUT2D eigenvalue weighted by Gasteiger charge is 2.23. The lowest BCUT2D eigenvalue weighted by Crippen LogP contribution is -2.05. The number of ketones is 1. The number of rotatable bonds is 5. The molecule has 5 aromatic rings. The molecule has 0 spiro atoms. The van der Waals surface area contributed by atoms with E-state index in [0.29, 0.717) is 27.1 Å². The number of carbonyl (C=O) groups is 1. The molecule has 0 aliphatic rings. The van der Waals surface area contributed by atoms with Gasteiger partial charge in [-0.3, -0.25) is 4.79 Å². The van der Waals surface area contributed by atoms with Gasteiger partial charge in [-0.2, -0.15) is 0 Å². The fourth-order valence-electron chi connectivity index (χ4n) is 3.90. The average Bonchev–Trinajstić information content (AvgIpc) is 3.39. The summed E-state index contributed by atoms with van der Waals surface area (Å²) in [5, 5.41) is 2.37. The minimum Gasteiger partial charge on any atom is -0.340 e. The van der Waals surface area contributed by atoms with Crippen molar-refractivity contribution in [2.24, 2.45) is 0 Å². The fraction of sp³-hybridized carbons (Fsp3) is 0.120. The normalized spacial score (nSPS) is 11.2. The third-order valence-electron chi connectivity index (χ3n) is 5.49. The second-order valence-electron chi connectivity index (χ2n) is 7.65. The van der Waals surface area contributed by atoms with Crippen molar-refractivity contribution in [1.29, 1.82) is 0 Å². The summed E-state index contributed by atoms with van der Waals surface area (Å²) < 4.78 is 2.19. The van der Waals surface area contributed by atoms with Crippen molar-refractivity contribution in [3.05, 3.63) is 99.5 Å². The van der Waals surface area contributed by atoms with Crippen LogP contribution in [0.2, 0.25) is 5.02 Å². The predicted octanol–water partition coefficient (Wildman–Crippen LogP) is 6.10. The maximum absolute atomic E-state index is 13.7.